The van der Waals surface area contributed by atoms with Crippen LogP contribution < -0.4 is 16.0 Å². The number of amides is 3. The van der Waals surface area contributed by atoms with Gasteiger partial charge in [0.1, 0.15) is 17.7 Å². The lowest BCUT2D eigenvalue weighted by Crippen LogP contribution is -2.51. The van der Waals surface area contributed by atoms with Crippen molar-refractivity contribution in [3.63, 3.8) is 0 Å². The monoisotopic (exact) mass is 317 g/mol. The van der Waals surface area contributed by atoms with Crippen LogP contribution in [0.4, 0.5) is 10.6 Å². The Balaban J connectivity index is 1.47. The van der Waals surface area contributed by atoms with Crippen LogP contribution in [-0.2, 0) is 4.79 Å². The van der Waals surface area contributed by atoms with Gasteiger partial charge in [0.25, 0.3) is 5.91 Å². The second-order valence-corrected chi connectivity index (χ2v) is 6.68. The molecule has 8 heteroatoms. The number of hydrogen-bond donors (Lipinski definition) is 3. The second-order valence-electron chi connectivity index (χ2n) is 5.77. The fraction of sp³-hybridized carbons (Fsp3) is 0.429. The van der Waals surface area contributed by atoms with Gasteiger partial charge in [-0.05, 0) is 37.1 Å². The number of rotatable bonds is 2. The molecule has 1 aliphatic heterocycles. The molecule has 0 unspecified atom stereocenters. The van der Waals surface area contributed by atoms with Gasteiger partial charge in [-0.2, -0.15) is 0 Å². The summed E-state index contributed by atoms with van der Waals surface area (Å²) in [7, 11) is 0. The van der Waals surface area contributed by atoms with Gasteiger partial charge in [-0.25, -0.2) is 14.8 Å². The van der Waals surface area contributed by atoms with Gasteiger partial charge in [-0.1, -0.05) is 0 Å². The van der Waals surface area contributed by atoms with Crippen molar-refractivity contribution in [2.75, 3.05) is 5.32 Å². The minimum absolute atomic E-state index is 0.196. The molecule has 0 aromatic carbocycles. The maximum atomic E-state index is 11.9. The minimum atomic E-state index is -0.709. The van der Waals surface area contributed by atoms with E-state index in [2.05, 4.69) is 25.9 Å². The first-order chi connectivity index (χ1) is 10.7. The first-order valence-corrected chi connectivity index (χ1v) is 8.13. The van der Waals surface area contributed by atoms with Crippen LogP contribution in [0, 0.1) is 0 Å². The highest BCUT2D eigenvalue weighted by Gasteiger charge is 2.48. The normalized spacial score (nSPS) is 27.9. The second kappa shape index (κ2) is 4.91. The number of thiophene rings is 1. The molecule has 4 rings (SSSR count). The molecule has 0 bridgehead atoms. The first kappa shape index (κ1) is 13.4. The third-order valence-electron chi connectivity index (χ3n) is 4.44. The molecule has 0 atom stereocenters. The minimum Gasteiger partial charge on any atom is -0.366 e. The number of fused-ring (bicyclic) bond motifs is 1. The SMILES string of the molecule is O=C1NC(=O)C2(CCC(Nc3ncnc4ccsc34)CC2)N1. The molecule has 3 N–H and O–H groups in total. The zero-order valence-electron chi connectivity index (χ0n) is 11.8. The van der Waals surface area contributed by atoms with Crippen LogP contribution in [-0.4, -0.2) is 33.5 Å². The van der Waals surface area contributed by atoms with E-state index in [1.54, 1.807) is 17.7 Å². The van der Waals surface area contributed by atoms with E-state index in [0.29, 0.717) is 12.8 Å². The number of nitrogens with one attached hydrogen (secondary N) is 3. The molecule has 1 spiro atoms. The van der Waals surface area contributed by atoms with Crippen molar-refractivity contribution in [2.45, 2.75) is 37.3 Å². The van der Waals surface area contributed by atoms with Gasteiger partial charge in [-0.3, -0.25) is 10.1 Å². The van der Waals surface area contributed by atoms with E-state index < -0.39 is 5.54 Å². The van der Waals surface area contributed by atoms with Crippen molar-refractivity contribution in [3.05, 3.63) is 17.8 Å². The summed E-state index contributed by atoms with van der Waals surface area (Å²) >= 11 is 1.61. The van der Waals surface area contributed by atoms with Gasteiger partial charge in [0.05, 0.1) is 10.2 Å². The van der Waals surface area contributed by atoms with E-state index in [4.69, 9.17) is 0 Å². The number of hydrogen-bond acceptors (Lipinski definition) is 6. The lowest BCUT2D eigenvalue weighted by Gasteiger charge is -2.35. The van der Waals surface area contributed by atoms with Crippen LogP contribution in [0.15, 0.2) is 17.8 Å². The largest absolute Gasteiger partial charge is 0.366 e. The molecule has 7 nitrogen and oxygen atoms in total. The lowest BCUT2D eigenvalue weighted by molar-refractivity contribution is -0.125. The first-order valence-electron chi connectivity index (χ1n) is 7.25. The molecule has 2 aromatic heterocycles. The summed E-state index contributed by atoms with van der Waals surface area (Å²) in [6.45, 7) is 0. The van der Waals surface area contributed by atoms with Crippen molar-refractivity contribution in [1.29, 1.82) is 0 Å². The van der Waals surface area contributed by atoms with E-state index in [-0.39, 0.29) is 18.0 Å². The molecule has 1 aliphatic carbocycles. The Hall–Kier alpha value is -2.22. The molecule has 3 heterocycles. The van der Waals surface area contributed by atoms with Gasteiger partial charge < -0.3 is 10.6 Å². The fourth-order valence-electron chi connectivity index (χ4n) is 3.22. The lowest BCUT2D eigenvalue weighted by atomic mass is 9.79. The molecule has 3 amide bonds. The average molecular weight is 317 g/mol. The molecule has 1 saturated heterocycles. The number of urea groups is 1. The van der Waals surface area contributed by atoms with Crippen LogP contribution in [0.3, 0.4) is 0 Å². The smallest absolute Gasteiger partial charge is 0.322 e. The summed E-state index contributed by atoms with van der Waals surface area (Å²) in [6.07, 6.45) is 4.46. The predicted octanol–water partition coefficient (Wildman–Crippen LogP) is 1.62. The van der Waals surface area contributed by atoms with Gasteiger partial charge in [0.15, 0.2) is 0 Å². The van der Waals surface area contributed by atoms with Crippen LogP contribution in [0.2, 0.25) is 0 Å². The number of carbonyl (C=O) groups excluding carboxylic acids is 2. The summed E-state index contributed by atoms with van der Waals surface area (Å²) in [5.41, 5.74) is 0.233. The summed E-state index contributed by atoms with van der Waals surface area (Å²) in [5, 5.41) is 10.6. The molecule has 0 radical (unpaired) electrons. The molecule has 114 valence electrons. The van der Waals surface area contributed by atoms with Gasteiger partial charge in [0.2, 0.25) is 0 Å². The highest BCUT2D eigenvalue weighted by atomic mass is 32.1. The fourth-order valence-corrected chi connectivity index (χ4v) is 4.02. The number of imide groups is 1. The third kappa shape index (κ3) is 2.10. The Labute approximate surface area is 130 Å². The quantitative estimate of drug-likeness (QED) is 0.732. The highest BCUT2D eigenvalue weighted by Crippen LogP contribution is 2.33. The van der Waals surface area contributed by atoms with E-state index in [9.17, 15) is 9.59 Å². The van der Waals surface area contributed by atoms with E-state index >= 15 is 0 Å². The molecule has 2 fully saturated rings. The van der Waals surface area contributed by atoms with Crippen LogP contribution in [0.25, 0.3) is 10.2 Å². The number of aromatic nitrogens is 2. The van der Waals surface area contributed by atoms with E-state index in [1.807, 2.05) is 11.4 Å². The van der Waals surface area contributed by atoms with Gasteiger partial charge >= 0.3 is 6.03 Å². The Morgan fingerprint density at radius 2 is 2.09 bits per heavy atom. The molecular formula is C14H15N5O2S. The van der Waals surface area contributed by atoms with Gasteiger partial charge in [-0.15, -0.1) is 11.3 Å². The van der Waals surface area contributed by atoms with Crippen molar-refractivity contribution >= 4 is 39.3 Å². The van der Waals surface area contributed by atoms with Gasteiger partial charge in [0, 0.05) is 6.04 Å². The van der Waals surface area contributed by atoms with E-state index in [0.717, 1.165) is 28.9 Å². The van der Waals surface area contributed by atoms with E-state index in [1.165, 1.54) is 0 Å². The zero-order chi connectivity index (χ0) is 15.2. The summed E-state index contributed by atoms with van der Waals surface area (Å²) in [6, 6.07) is 1.84. The Bertz CT molecular complexity index is 751. The van der Waals surface area contributed by atoms with Crippen molar-refractivity contribution in [3.8, 4) is 0 Å². The molecule has 2 aliphatic rings. The summed E-state index contributed by atoms with van der Waals surface area (Å²) < 4.78 is 1.05. The maximum absolute atomic E-state index is 11.9. The maximum Gasteiger partial charge on any atom is 0.322 e. The van der Waals surface area contributed by atoms with Crippen LogP contribution >= 0.6 is 11.3 Å². The average Bonchev–Trinajstić information content (AvgIpc) is 3.08. The predicted molar refractivity (Wildman–Crippen MR) is 82.7 cm³/mol. The van der Waals surface area contributed by atoms with Crippen LogP contribution in [0.5, 0.6) is 0 Å². The number of anilines is 1. The molecule has 22 heavy (non-hydrogen) atoms. The van der Waals surface area contributed by atoms with Crippen molar-refractivity contribution < 1.29 is 9.59 Å². The zero-order valence-corrected chi connectivity index (χ0v) is 12.6. The van der Waals surface area contributed by atoms with Crippen molar-refractivity contribution in [2.24, 2.45) is 0 Å². The number of nitrogens with zero attached hydrogens (tertiary/aromatic N) is 2. The number of carbonyl (C=O) groups is 2. The third-order valence-corrected chi connectivity index (χ3v) is 5.35. The highest BCUT2D eigenvalue weighted by molar-refractivity contribution is 7.17. The molecule has 1 saturated carbocycles. The summed E-state index contributed by atoms with van der Waals surface area (Å²) in [4.78, 5) is 31.8. The summed E-state index contributed by atoms with van der Waals surface area (Å²) in [5.74, 6) is 0.652. The Morgan fingerprint density at radius 1 is 1.27 bits per heavy atom. The molecule has 2 aromatic rings. The Kier molecular flexibility index (Phi) is 3.00. The van der Waals surface area contributed by atoms with Crippen molar-refractivity contribution in [1.82, 2.24) is 20.6 Å². The Morgan fingerprint density at radius 3 is 2.82 bits per heavy atom. The topological polar surface area (TPSA) is 96.0 Å². The standard InChI is InChI=1S/C14H15N5O2S/c20-12-14(19-13(21)18-12)4-1-8(2-5-14)17-11-10-9(3-6-22-10)15-7-16-11/h3,6-8H,1-2,4-5H2,(H,15,16,17)(H2,18,19,20,21). The molecular weight excluding hydrogens is 302 g/mol. The van der Waals surface area contributed by atoms with Crippen LogP contribution in [0.1, 0.15) is 25.7 Å².